The summed E-state index contributed by atoms with van der Waals surface area (Å²) < 4.78 is 0. The molecule has 0 aliphatic carbocycles. The Hall–Kier alpha value is -0.930. The fraction of sp³-hybridized carbons (Fsp3) is 0.250. The summed E-state index contributed by atoms with van der Waals surface area (Å²) >= 11 is 18.4. The molecule has 0 aliphatic rings. The molecule has 2 nitrogen and oxygen atoms in total. The second kappa shape index (κ2) is 7.37. The van der Waals surface area contributed by atoms with E-state index in [-0.39, 0.29) is 0 Å². The van der Waals surface area contributed by atoms with Crippen LogP contribution in [0.25, 0.3) is 0 Å². The Balaban J connectivity index is 2.05. The van der Waals surface area contributed by atoms with Crippen LogP contribution in [0, 0.1) is 0 Å². The number of hydrogen-bond acceptors (Lipinski definition) is 2. The smallest absolute Gasteiger partial charge is 0.0657 e. The molecule has 0 amide bonds. The first-order valence-corrected chi connectivity index (χ1v) is 7.70. The normalized spacial score (nSPS) is 11.0. The Kier molecular flexibility index (Phi) is 5.77. The molecular weight excluding hydrogens is 327 g/mol. The van der Waals surface area contributed by atoms with Crippen LogP contribution in [0.4, 0.5) is 5.69 Å². The van der Waals surface area contributed by atoms with E-state index in [4.69, 9.17) is 34.8 Å². The molecule has 0 atom stereocenters. The van der Waals surface area contributed by atoms with E-state index in [2.05, 4.69) is 36.4 Å². The van der Waals surface area contributed by atoms with E-state index < -0.39 is 0 Å². The number of hydrogen-bond donors (Lipinski definition) is 1. The zero-order chi connectivity index (χ0) is 15.4. The number of nitrogens with one attached hydrogen (secondary N) is 1. The van der Waals surface area contributed by atoms with Crippen LogP contribution in [-0.2, 0) is 13.1 Å². The highest BCUT2D eigenvalue weighted by Gasteiger charge is 2.09. The molecule has 5 heteroatoms. The lowest BCUT2D eigenvalue weighted by molar-refractivity contribution is 0.402. The molecular formula is C16H17Cl3N2. The van der Waals surface area contributed by atoms with Gasteiger partial charge in [-0.25, -0.2) is 0 Å². The van der Waals surface area contributed by atoms with Gasteiger partial charge in [0.25, 0.3) is 0 Å². The highest BCUT2D eigenvalue weighted by atomic mass is 35.5. The maximum atomic E-state index is 6.19. The Morgan fingerprint density at radius 3 is 2.14 bits per heavy atom. The average molecular weight is 344 g/mol. The monoisotopic (exact) mass is 342 g/mol. The lowest BCUT2D eigenvalue weighted by atomic mass is 10.2. The van der Waals surface area contributed by atoms with E-state index in [1.807, 2.05) is 12.1 Å². The largest absolute Gasteiger partial charge is 0.381 e. The third kappa shape index (κ3) is 4.52. The minimum atomic E-state index is 0.501. The summed E-state index contributed by atoms with van der Waals surface area (Å²) in [5, 5.41) is 4.94. The first kappa shape index (κ1) is 16.4. The van der Waals surface area contributed by atoms with Crippen molar-refractivity contribution in [3.8, 4) is 0 Å². The second-order valence-electron chi connectivity index (χ2n) is 5.11. The molecule has 0 fully saturated rings. The van der Waals surface area contributed by atoms with Gasteiger partial charge in [-0.2, -0.15) is 0 Å². The SMILES string of the molecule is CN(C)Cc1ccc(NCc2c(Cl)ccc(Cl)c2Cl)cc1. The first-order chi connectivity index (χ1) is 9.97. The minimum absolute atomic E-state index is 0.501. The molecule has 0 saturated carbocycles. The standard InChI is InChI=1S/C16H17Cl3N2/c1-21(2)10-11-3-5-12(6-4-11)20-9-13-14(17)7-8-15(18)16(13)19/h3-8,20H,9-10H2,1-2H3. The van der Waals surface area contributed by atoms with Gasteiger partial charge in [0.2, 0.25) is 0 Å². The molecule has 0 bridgehead atoms. The Morgan fingerprint density at radius 1 is 0.905 bits per heavy atom. The zero-order valence-corrected chi connectivity index (χ0v) is 14.2. The summed E-state index contributed by atoms with van der Waals surface area (Å²) in [6.07, 6.45) is 0. The lowest BCUT2D eigenvalue weighted by Crippen LogP contribution is -2.10. The first-order valence-electron chi connectivity index (χ1n) is 6.57. The van der Waals surface area contributed by atoms with Gasteiger partial charge in [0, 0.05) is 29.4 Å². The van der Waals surface area contributed by atoms with E-state index in [0.717, 1.165) is 17.8 Å². The zero-order valence-electron chi connectivity index (χ0n) is 12.0. The summed E-state index contributed by atoms with van der Waals surface area (Å²) in [6, 6.07) is 11.8. The summed E-state index contributed by atoms with van der Waals surface area (Å²) in [7, 11) is 4.10. The highest BCUT2D eigenvalue weighted by Crippen LogP contribution is 2.31. The molecule has 0 unspecified atom stereocenters. The van der Waals surface area contributed by atoms with Gasteiger partial charge in [0.05, 0.1) is 10.0 Å². The van der Waals surface area contributed by atoms with Crippen LogP contribution in [0.3, 0.4) is 0 Å². The number of rotatable bonds is 5. The van der Waals surface area contributed by atoms with Crippen molar-refractivity contribution in [3.63, 3.8) is 0 Å². The van der Waals surface area contributed by atoms with Crippen LogP contribution < -0.4 is 5.32 Å². The Bertz CT molecular complexity index is 610. The molecule has 0 radical (unpaired) electrons. The summed E-state index contributed by atoms with van der Waals surface area (Å²) in [4.78, 5) is 2.13. The average Bonchev–Trinajstić information content (AvgIpc) is 2.44. The quantitative estimate of drug-likeness (QED) is 0.739. The molecule has 0 heterocycles. The van der Waals surface area contributed by atoms with E-state index >= 15 is 0 Å². The van der Waals surface area contributed by atoms with Crippen molar-refractivity contribution in [1.82, 2.24) is 4.90 Å². The van der Waals surface area contributed by atoms with Crippen LogP contribution in [0.2, 0.25) is 15.1 Å². The maximum absolute atomic E-state index is 6.19. The van der Waals surface area contributed by atoms with Crippen LogP contribution >= 0.6 is 34.8 Å². The topological polar surface area (TPSA) is 15.3 Å². The second-order valence-corrected chi connectivity index (χ2v) is 6.30. The predicted molar refractivity (Wildman–Crippen MR) is 92.6 cm³/mol. The van der Waals surface area contributed by atoms with Crippen molar-refractivity contribution in [1.29, 1.82) is 0 Å². The molecule has 2 aromatic rings. The summed E-state index contributed by atoms with van der Waals surface area (Å²) in [5.74, 6) is 0. The molecule has 0 aromatic heterocycles. The third-order valence-corrected chi connectivity index (χ3v) is 4.26. The van der Waals surface area contributed by atoms with Crippen molar-refractivity contribution < 1.29 is 0 Å². The van der Waals surface area contributed by atoms with Crippen LogP contribution in [0.5, 0.6) is 0 Å². The number of anilines is 1. The van der Waals surface area contributed by atoms with Crippen LogP contribution in [0.15, 0.2) is 36.4 Å². The van der Waals surface area contributed by atoms with E-state index in [0.29, 0.717) is 21.6 Å². The van der Waals surface area contributed by atoms with Gasteiger partial charge in [-0.1, -0.05) is 46.9 Å². The Morgan fingerprint density at radius 2 is 1.52 bits per heavy atom. The lowest BCUT2D eigenvalue weighted by Gasteiger charge is -2.13. The molecule has 21 heavy (non-hydrogen) atoms. The Labute approximate surface area is 140 Å². The highest BCUT2D eigenvalue weighted by molar-refractivity contribution is 6.44. The number of nitrogens with zero attached hydrogens (tertiary/aromatic N) is 1. The van der Waals surface area contributed by atoms with Crippen molar-refractivity contribution in [2.75, 3.05) is 19.4 Å². The van der Waals surface area contributed by atoms with Gasteiger partial charge < -0.3 is 10.2 Å². The minimum Gasteiger partial charge on any atom is -0.381 e. The summed E-state index contributed by atoms with van der Waals surface area (Å²) in [6.45, 7) is 1.46. The maximum Gasteiger partial charge on any atom is 0.0657 e. The molecule has 112 valence electrons. The molecule has 1 N–H and O–H groups in total. The predicted octanol–water partition coefficient (Wildman–Crippen LogP) is 5.32. The van der Waals surface area contributed by atoms with Crippen molar-refractivity contribution >= 4 is 40.5 Å². The molecule has 0 aliphatic heterocycles. The third-order valence-electron chi connectivity index (χ3n) is 3.06. The van der Waals surface area contributed by atoms with Gasteiger partial charge in [0.15, 0.2) is 0 Å². The summed E-state index contributed by atoms with van der Waals surface area (Å²) in [5.41, 5.74) is 3.09. The van der Waals surface area contributed by atoms with Gasteiger partial charge in [-0.15, -0.1) is 0 Å². The van der Waals surface area contributed by atoms with E-state index in [1.165, 1.54) is 5.56 Å². The van der Waals surface area contributed by atoms with Crippen molar-refractivity contribution in [2.24, 2.45) is 0 Å². The van der Waals surface area contributed by atoms with Crippen LogP contribution in [-0.4, -0.2) is 19.0 Å². The number of halogens is 3. The van der Waals surface area contributed by atoms with E-state index in [1.54, 1.807) is 12.1 Å². The van der Waals surface area contributed by atoms with Crippen LogP contribution in [0.1, 0.15) is 11.1 Å². The van der Waals surface area contributed by atoms with Crippen molar-refractivity contribution in [2.45, 2.75) is 13.1 Å². The molecule has 2 aromatic carbocycles. The van der Waals surface area contributed by atoms with Gasteiger partial charge in [-0.05, 0) is 43.9 Å². The van der Waals surface area contributed by atoms with Gasteiger partial charge in [-0.3, -0.25) is 0 Å². The van der Waals surface area contributed by atoms with E-state index in [9.17, 15) is 0 Å². The van der Waals surface area contributed by atoms with Crippen molar-refractivity contribution in [3.05, 3.63) is 62.6 Å². The molecule has 0 spiro atoms. The molecule has 0 saturated heterocycles. The fourth-order valence-electron chi connectivity index (χ4n) is 2.01. The number of benzene rings is 2. The molecule has 2 rings (SSSR count). The van der Waals surface area contributed by atoms with Gasteiger partial charge >= 0.3 is 0 Å². The van der Waals surface area contributed by atoms with Gasteiger partial charge in [0.1, 0.15) is 0 Å². The fourth-order valence-corrected chi connectivity index (χ4v) is 2.70.